The maximum atomic E-state index is 11.4. The number of nitro benzene ring substituents is 1. The molecule has 0 saturated carbocycles. The van der Waals surface area contributed by atoms with Gasteiger partial charge in [0.25, 0.3) is 5.69 Å². The van der Waals surface area contributed by atoms with Crippen LogP contribution in [0.4, 0.5) is 5.69 Å². The van der Waals surface area contributed by atoms with E-state index in [2.05, 4.69) is 26.1 Å². The zero-order valence-electron chi connectivity index (χ0n) is 14.8. The standard InChI is InChI=1S/C18H16BrClN4O3S/c1-27-10-4-9-23-17(13-5-2-3-6-14(13)20)21-22-18(23)28-16-8-7-12(19)11-15(16)24(25)26/h2-3,5-8,11H,4,9-10H2,1H3. The average Bonchev–Trinajstić information content (AvgIpc) is 3.06. The van der Waals surface area contributed by atoms with Crippen LogP contribution in [0.2, 0.25) is 5.02 Å². The fourth-order valence-electron chi connectivity index (χ4n) is 2.59. The molecule has 0 N–H and O–H groups in total. The predicted molar refractivity (Wildman–Crippen MR) is 112 cm³/mol. The van der Waals surface area contributed by atoms with Crippen LogP contribution in [0.1, 0.15) is 6.42 Å². The van der Waals surface area contributed by atoms with Crippen molar-refractivity contribution in [2.24, 2.45) is 0 Å². The molecule has 1 aromatic heterocycles. The van der Waals surface area contributed by atoms with Crippen molar-refractivity contribution >= 4 is 45.0 Å². The van der Waals surface area contributed by atoms with Gasteiger partial charge < -0.3 is 9.30 Å². The number of nitrogens with zero attached hydrogens (tertiary/aromatic N) is 4. The van der Waals surface area contributed by atoms with Gasteiger partial charge in [0, 0.05) is 36.4 Å². The monoisotopic (exact) mass is 482 g/mol. The lowest BCUT2D eigenvalue weighted by molar-refractivity contribution is -0.387. The van der Waals surface area contributed by atoms with Crippen molar-refractivity contribution in [1.29, 1.82) is 0 Å². The maximum Gasteiger partial charge on any atom is 0.284 e. The number of methoxy groups -OCH3 is 1. The van der Waals surface area contributed by atoms with Gasteiger partial charge in [0.2, 0.25) is 0 Å². The molecule has 0 aliphatic heterocycles. The molecule has 10 heteroatoms. The van der Waals surface area contributed by atoms with Gasteiger partial charge in [0.15, 0.2) is 11.0 Å². The first-order chi connectivity index (χ1) is 13.5. The highest BCUT2D eigenvalue weighted by Gasteiger charge is 2.21. The molecule has 0 radical (unpaired) electrons. The van der Waals surface area contributed by atoms with Crippen LogP contribution in [-0.2, 0) is 11.3 Å². The lowest BCUT2D eigenvalue weighted by atomic mass is 10.2. The fourth-order valence-corrected chi connectivity index (χ4v) is 4.10. The lowest BCUT2D eigenvalue weighted by Crippen LogP contribution is -2.05. The van der Waals surface area contributed by atoms with E-state index in [0.29, 0.717) is 38.5 Å². The van der Waals surface area contributed by atoms with Gasteiger partial charge in [0.05, 0.1) is 14.8 Å². The molecule has 3 aromatic rings. The quantitative estimate of drug-likeness (QED) is 0.240. The molecule has 7 nitrogen and oxygen atoms in total. The molecule has 146 valence electrons. The first-order valence-electron chi connectivity index (χ1n) is 8.30. The number of benzene rings is 2. The van der Waals surface area contributed by atoms with Gasteiger partial charge in [-0.2, -0.15) is 0 Å². The second kappa shape index (κ2) is 9.51. The van der Waals surface area contributed by atoms with E-state index < -0.39 is 4.92 Å². The minimum Gasteiger partial charge on any atom is -0.385 e. The third kappa shape index (κ3) is 4.72. The second-order valence-corrected chi connectivity index (χ2v) is 8.09. The summed E-state index contributed by atoms with van der Waals surface area (Å²) >= 11 is 10.8. The van der Waals surface area contributed by atoms with Crippen LogP contribution in [0, 0.1) is 10.1 Å². The zero-order valence-corrected chi connectivity index (χ0v) is 18.0. The Morgan fingerprint density at radius 3 is 2.79 bits per heavy atom. The predicted octanol–water partition coefficient (Wildman–Crippen LogP) is 5.46. The van der Waals surface area contributed by atoms with Crippen molar-refractivity contribution in [1.82, 2.24) is 14.8 Å². The van der Waals surface area contributed by atoms with Crippen LogP contribution in [0.25, 0.3) is 11.4 Å². The number of hydrogen-bond donors (Lipinski definition) is 0. The van der Waals surface area contributed by atoms with E-state index >= 15 is 0 Å². The van der Waals surface area contributed by atoms with Gasteiger partial charge in [0.1, 0.15) is 0 Å². The first kappa shape index (κ1) is 20.8. The highest BCUT2D eigenvalue weighted by molar-refractivity contribution is 9.10. The van der Waals surface area contributed by atoms with Gasteiger partial charge in [-0.05, 0) is 42.4 Å². The van der Waals surface area contributed by atoms with Gasteiger partial charge in [-0.3, -0.25) is 10.1 Å². The average molecular weight is 484 g/mol. The topological polar surface area (TPSA) is 83.1 Å². The summed E-state index contributed by atoms with van der Waals surface area (Å²) in [5.74, 6) is 0.615. The summed E-state index contributed by atoms with van der Waals surface area (Å²) in [6, 6.07) is 12.3. The van der Waals surface area contributed by atoms with Crippen LogP contribution >= 0.6 is 39.3 Å². The van der Waals surface area contributed by atoms with E-state index in [9.17, 15) is 10.1 Å². The molecule has 0 fully saturated rings. The summed E-state index contributed by atoms with van der Waals surface area (Å²) in [5.41, 5.74) is 0.761. The summed E-state index contributed by atoms with van der Waals surface area (Å²) in [6.45, 7) is 1.16. The number of hydrogen-bond acceptors (Lipinski definition) is 6. The van der Waals surface area contributed by atoms with Crippen molar-refractivity contribution in [3.05, 3.63) is 62.1 Å². The van der Waals surface area contributed by atoms with Gasteiger partial charge >= 0.3 is 0 Å². The van der Waals surface area contributed by atoms with Crippen LogP contribution in [0.5, 0.6) is 0 Å². The summed E-state index contributed by atoms with van der Waals surface area (Å²) in [4.78, 5) is 11.5. The molecule has 0 aliphatic carbocycles. The minimum atomic E-state index is -0.409. The number of halogens is 2. The Kier molecular flexibility index (Phi) is 7.06. The fraction of sp³-hybridized carbons (Fsp3) is 0.222. The molecule has 0 aliphatic rings. The summed E-state index contributed by atoms with van der Waals surface area (Å²) < 4.78 is 7.70. The molecule has 2 aromatic carbocycles. The second-order valence-electron chi connectivity index (χ2n) is 5.76. The SMILES string of the molecule is COCCCn1c(Sc2ccc(Br)cc2[N+](=O)[O-])nnc1-c1ccccc1Cl. The van der Waals surface area contributed by atoms with Gasteiger partial charge in [-0.25, -0.2) is 0 Å². The third-order valence-electron chi connectivity index (χ3n) is 3.88. The van der Waals surface area contributed by atoms with Crippen LogP contribution in [0.3, 0.4) is 0 Å². The summed E-state index contributed by atoms with van der Waals surface area (Å²) in [6.07, 6.45) is 0.738. The number of rotatable bonds is 8. The highest BCUT2D eigenvalue weighted by atomic mass is 79.9. The van der Waals surface area contributed by atoms with E-state index in [1.165, 1.54) is 17.8 Å². The van der Waals surface area contributed by atoms with E-state index in [-0.39, 0.29) is 5.69 Å². The van der Waals surface area contributed by atoms with E-state index in [1.807, 2.05) is 22.8 Å². The Morgan fingerprint density at radius 2 is 2.07 bits per heavy atom. The van der Waals surface area contributed by atoms with Crippen molar-refractivity contribution in [3.63, 3.8) is 0 Å². The molecule has 3 rings (SSSR count). The third-order valence-corrected chi connectivity index (χ3v) is 5.75. The summed E-state index contributed by atoms with van der Waals surface area (Å²) in [7, 11) is 1.64. The Morgan fingerprint density at radius 1 is 1.29 bits per heavy atom. The largest absolute Gasteiger partial charge is 0.385 e. The zero-order chi connectivity index (χ0) is 20.1. The molecule has 0 amide bonds. The number of ether oxygens (including phenoxy) is 1. The van der Waals surface area contributed by atoms with E-state index in [1.54, 1.807) is 25.3 Å². The number of nitro groups is 1. The smallest absolute Gasteiger partial charge is 0.284 e. The Labute approximate surface area is 179 Å². The molecule has 28 heavy (non-hydrogen) atoms. The highest BCUT2D eigenvalue weighted by Crippen LogP contribution is 2.37. The van der Waals surface area contributed by atoms with E-state index in [0.717, 1.165) is 12.0 Å². The first-order valence-corrected chi connectivity index (χ1v) is 10.3. The van der Waals surface area contributed by atoms with Crippen LogP contribution in [0.15, 0.2) is 57.0 Å². The van der Waals surface area contributed by atoms with Gasteiger partial charge in [-0.15, -0.1) is 10.2 Å². The van der Waals surface area contributed by atoms with Crippen molar-refractivity contribution in [3.8, 4) is 11.4 Å². The molecule has 1 heterocycles. The molecule has 0 bridgehead atoms. The van der Waals surface area contributed by atoms with Crippen molar-refractivity contribution in [2.45, 2.75) is 23.0 Å². The Hall–Kier alpha value is -1.94. The molecule has 0 saturated heterocycles. The molecular weight excluding hydrogens is 468 g/mol. The van der Waals surface area contributed by atoms with E-state index in [4.69, 9.17) is 16.3 Å². The molecule has 0 spiro atoms. The number of aromatic nitrogens is 3. The van der Waals surface area contributed by atoms with Crippen LogP contribution in [-0.4, -0.2) is 33.4 Å². The Bertz CT molecular complexity index is 999. The minimum absolute atomic E-state index is 0.00473. The van der Waals surface area contributed by atoms with Crippen molar-refractivity contribution in [2.75, 3.05) is 13.7 Å². The van der Waals surface area contributed by atoms with Gasteiger partial charge in [-0.1, -0.05) is 39.7 Å². The van der Waals surface area contributed by atoms with Crippen LogP contribution < -0.4 is 0 Å². The molecular formula is C18H16BrClN4O3S. The molecule has 0 unspecified atom stereocenters. The maximum absolute atomic E-state index is 11.4. The lowest BCUT2D eigenvalue weighted by Gasteiger charge is -2.11. The normalized spacial score (nSPS) is 11.0. The van der Waals surface area contributed by atoms with Crippen molar-refractivity contribution < 1.29 is 9.66 Å². The Balaban J connectivity index is 2.02. The molecule has 0 atom stereocenters. The summed E-state index contributed by atoms with van der Waals surface area (Å²) in [5, 5.41) is 21.1.